The molecule has 0 atom stereocenters. The van der Waals surface area contributed by atoms with Crippen molar-refractivity contribution in [2.75, 3.05) is 0 Å². The van der Waals surface area contributed by atoms with Crippen LogP contribution >= 0.6 is 0 Å². The lowest BCUT2D eigenvalue weighted by Crippen LogP contribution is -2.22. The highest BCUT2D eigenvalue weighted by Gasteiger charge is 1.97. The first-order valence-electron chi connectivity index (χ1n) is 9.98. The topological polar surface area (TPSA) is 235 Å². The van der Waals surface area contributed by atoms with Gasteiger partial charge in [-0.1, -0.05) is 48.5 Å². The van der Waals surface area contributed by atoms with Gasteiger partial charge < -0.3 is 32.0 Å². The molecule has 184 valence electrons. The Morgan fingerprint density at radius 2 is 1.00 bits per heavy atom. The predicted octanol–water partition coefficient (Wildman–Crippen LogP) is 0.678. The van der Waals surface area contributed by atoms with Crippen LogP contribution in [0.1, 0.15) is 11.4 Å². The number of nitrogens with two attached hydrogens (primary N) is 4. The van der Waals surface area contributed by atoms with Gasteiger partial charge in [0.05, 0.1) is 35.5 Å². The largest absolute Gasteiger partial charge is 0.759 e. The minimum Gasteiger partial charge on any atom is -0.759 e. The van der Waals surface area contributed by atoms with E-state index >= 15 is 0 Å². The molecule has 0 aliphatic carbocycles. The molecule has 0 saturated heterocycles. The van der Waals surface area contributed by atoms with Crippen LogP contribution in [0.2, 0.25) is 0 Å². The third-order valence-corrected chi connectivity index (χ3v) is 4.16. The molecule has 4 rings (SSSR count). The van der Waals surface area contributed by atoms with Gasteiger partial charge in [-0.25, -0.2) is 9.98 Å². The molecule has 8 N–H and O–H groups in total. The summed E-state index contributed by atoms with van der Waals surface area (Å²) >= 11 is 0. The first kappa shape index (κ1) is 26.9. The van der Waals surface area contributed by atoms with Crippen molar-refractivity contribution in [1.82, 2.24) is 9.97 Å². The van der Waals surface area contributed by atoms with E-state index in [0.29, 0.717) is 13.1 Å². The SMILES string of the molecule is NC(N)=NCc1ccc2ccccc2n1.NC(N)=NCc1ccc2ccccc2n1.O=S(=O)([O-])[O-]. The van der Waals surface area contributed by atoms with Gasteiger partial charge in [-0.15, -0.1) is 0 Å². The molecule has 0 fully saturated rings. The molecule has 0 amide bonds. The molecule has 0 radical (unpaired) electrons. The maximum Gasteiger partial charge on any atom is 0.186 e. The number of rotatable bonds is 4. The van der Waals surface area contributed by atoms with Gasteiger partial charge in [-0.3, -0.25) is 18.4 Å². The number of aromatic nitrogens is 2. The number of hydrogen-bond acceptors (Lipinski definition) is 8. The second-order valence-corrected chi connectivity index (χ2v) is 7.70. The van der Waals surface area contributed by atoms with Crippen LogP contribution < -0.4 is 22.9 Å². The van der Waals surface area contributed by atoms with Gasteiger partial charge in [-0.2, -0.15) is 0 Å². The Labute approximate surface area is 202 Å². The molecule has 0 unspecified atom stereocenters. The smallest absolute Gasteiger partial charge is 0.186 e. The summed E-state index contributed by atoms with van der Waals surface area (Å²) in [6.45, 7) is 0.848. The molecule has 13 heteroatoms. The number of aliphatic imine (C=N–C) groups is 2. The van der Waals surface area contributed by atoms with Gasteiger partial charge in [0, 0.05) is 21.2 Å². The van der Waals surface area contributed by atoms with E-state index in [4.69, 9.17) is 40.5 Å². The van der Waals surface area contributed by atoms with Crippen molar-refractivity contribution in [3.63, 3.8) is 0 Å². The van der Waals surface area contributed by atoms with E-state index in [1.807, 2.05) is 72.8 Å². The molecule has 12 nitrogen and oxygen atoms in total. The summed E-state index contributed by atoms with van der Waals surface area (Å²) in [5.41, 5.74) is 24.7. The number of benzene rings is 2. The summed E-state index contributed by atoms with van der Waals surface area (Å²) in [6.07, 6.45) is 0. The van der Waals surface area contributed by atoms with E-state index in [-0.39, 0.29) is 11.9 Å². The molecule has 2 aromatic heterocycles. The van der Waals surface area contributed by atoms with Gasteiger partial charge in [0.2, 0.25) is 0 Å². The maximum absolute atomic E-state index is 8.52. The fourth-order valence-electron chi connectivity index (χ4n) is 2.74. The Morgan fingerprint density at radius 1 is 0.657 bits per heavy atom. The first-order valence-corrected chi connectivity index (χ1v) is 11.3. The summed E-state index contributed by atoms with van der Waals surface area (Å²) in [4.78, 5) is 16.7. The third-order valence-electron chi connectivity index (χ3n) is 4.16. The van der Waals surface area contributed by atoms with Crippen LogP contribution in [0.5, 0.6) is 0 Å². The standard InChI is InChI=1S/2C11H12N4.H2O4S/c2*12-11(13)14-7-9-6-5-8-3-1-2-4-10(8)15-9;1-5(2,3)4/h2*1-6H,7H2,(H4,12,13,14);(H2,1,2,3,4)/p-2. The lowest BCUT2D eigenvalue weighted by atomic mass is 10.2. The minimum absolute atomic E-state index is 0.0879. The number of hydrogen-bond donors (Lipinski definition) is 4. The monoisotopic (exact) mass is 496 g/mol. The van der Waals surface area contributed by atoms with Crippen molar-refractivity contribution >= 4 is 44.1 Å². The lowest BCUT2D eigenvalue weighted by Gasteiger charge is -2.06. The summed E-state index contributed by atoms with van der Waals surface area (Å²) in [5.74, 6) is 0.176. The van der Waals surface area contributed by atoms with Gasteiger partial charge in [0.15, 0.2) is 11.9 Å². The average Bonchev–Trinajstić information content (AvgIpc) is 2.80. The lowest BCUT2D eigenvalue weighted by molar-refractivity contribution is 0.352. The highest BCUT2D eigenvalue weighted by Crippen LogP contribution is 2.13. The van der Waals surface area contributed by atoms with E-state index in [0.717, 1.165) is 33.2 Å². The van der Waals surface area contributed by atoms with Gasteiger partial charge in [0.25, 0.3) is 0 Å². The van der Waals surface area contributed by atoms with Crippen LogP contribution in [0, 0.1) is 0 Å². The van der Waals surface area contributed by atoms with Gasteiger partial charge in [-0.05, 0) is 24.3 Å². The van der Waals surface area contributed by atoms with Crippen LogP contribution in [-0.4, -0.2) is 39.4 Å². The van der Waals surface area contributed by atoms with Crippen molar-refractivity contribution in [2.45, 2.75) is 13.1 Å². The van der Waals surface area contributed by atoms with Crippen LogP contribution in [0.15, 0.2) is 82.8 Å². The predicted molar refractivity (Wildman–Crippen MR) is 133 cm³/mol. The summed E-state index contributed by atoms with van der Waals surface area (Å²) < 4.78 is 34.1. The molecule has 0 aliphatic heterocycles. The van der Waals surface area contributed by atoms with E-state index in [9.17, 15) is 0 Å². The molecular formula is C22H24N8O4S-2. The molecular weight excluding hydrogens is 472 g/mol. The van der Waals surface area contributed by atoms with Gasteiger partial charge in [0.1, 0.15) is 0 Å². The number of para-hydroxylation sites is 2. The highest BCUT2D eigenvalue weighted by molar-refractivity contribution is 7.79. The molecule has 2 aromatic carbocycles. The van der Waals surface area contributed by atoms with Crippen LogP contribution in [0.4, 0.5) is 0 Å². The Bertz CT molecular complexity index is 1330. The Balaban J connectivity index is 0.000000208. The Hall–Kier alpha value is -4.33. The quantitative estimate of drug-likeness (QED) is 0.133. The van der Waals surface area contributed by atoms with Gasteiger partial charge >= 0.3 is 0 Å². The Morgan fingerprint density at radius 3 is 1.34 bits per heavy atom. The Kier molecular flexibility index (Phi) is 9.84. The van der Waals surface area contributed by atoms with Crippen LogP contribution in [0.25, 0.3) is 21.8 Å². The van der Waals surface area contributed by atoms with Crippen molar-refractivity contribution in [3.05, 3.63) is 84.2 Å². The molecule has 35 heavy (non-hydrogen) atoms. The number of guanidine groups is 2. The minimum atomic E-state index is -5.17. The number of pyridine rings is 2. The van der Waals surface area contributed by atoms with E-state index < -0.39 is 10.4 Å². The first-order chi connectivity index (χ1) is 16.5. The van der Waals surface area contributed by atoms with E-state index in [2.05, 4.69) is 20.0 Å². The summed E-state index contributed by atoms with van der Waals surface area (Å²) in [6, 6.07) is 23.7. The fraction of sp³-hybridized carbons (Fsp3) is 0.0909. The van der Waals surface area contributed by atoms with E-state index in [1.165, 1.54) is 0 Å². The zero-order valence-electron chi connectivity index (χ0n) is 18.5. The maximum atomic E-state index is 8.52. The summed E-state index contributed by atoms with van der Waals surface area (Å²) in [7, 11) is -5.17. The normalized spacial score (nSPS) is 10.3. The van der Waals surface area contributed by atoms with E-state index in [1.54, 1.807) is 0 Å². The molecule has 2 heterocycles. The fourth-order valence-corrected chi connectivity index (χ4v) is 2.74. The number of fused-ring (bicyclic) bond motifs is 2. The molecule has 0 bridgehead atoms. The third kappa shape index (κ3) is 10.9. The molecule has 0 spiro atoms. The molecule has 4 aromatic rings. The zero-order valence-corrected chi connectivity index (χ0v) is 19.3. The van der Waals surface area contributed by atoms with Crippen molar-refractivity contribution in [3.8, 4) is 0 Å². The average molecular weight is 497 g/mol. The summed E-state index contributed by atoms with van der Waals surface area (Å²) in [5, 5.41) is 2.23. The van der Waals surface area contributed by atoms with Crippen molar-refractivity contribution in [1.29, 1.82) is 0 Å². The number of nitrogens with zero attached hydrogens (tertiary/aromatic N) is 4. The van der Waals surface area contributed by atoms with Crippen molar-refractivity contribution < 1.29 is 17.5 Å². The second kappa shape index (κ2) is 12.8. The highest BCUT2D eigenvalue weighted by atomic mass is 32.3. The zero-order chi connectivity index (χ0) is 25.8. The van der Waals surface area contributed by atoms with Crippen molar-refractivity contribution in [2.24, 2.45) is 32.9 Å². The molecule has 0 aliphatic rings. The van der Waals surface area contributed by atoms with Crippen LogP contribution in [0.3, 0.4) is 0 Å². The van der Waals surface area contributed by atoms with Crippen LogP contribution in [-0.2, 0) is 23.5 Å². The second-order valence-electron chi connectivity index (χ2n) is 6.88. The molecule has 0 saturated carbocycles.